The number of halogens is 1. The normalized spacial score (nSPS) is 17.9. The minimum Gasteiger partial charge on any atom is -0.383 e. The summed E-state index contributed by atoms with van der Waals surface area (Å²) in [5, 5.41) is 14.4. The van der Waals surface area contributed by atoms with E-state index in [0.29, 0.717) is 16.2 Å². The molecule has 21 heavy (non-hydrogen) atoms. The highest BCUT2D eigenvalue weighted by Gasteiger charge is 2.20. The molecule has 1 heterocycles. The second-order valence-corrected chi connectivity index (χ2v) is 6.29. The predicted molar refractivity (Wildman–Crippen MR) is 90.9 cm³/mol. The summed E-state index contributed by atoms with van der Waals surface area (Å²) in [4.78, 5) is 12.8. The molecule has 0 radical (unpaired) electrons. The number of nitrogens with one attached hydrogen (secondary N) is 1. The van der Waals surface area contributed by atoms with Gasteiger partial charge in [-0.15, -0.1) is 0 Å². The van der Waals surface area contributed by atoms with Crippen molar-refractivity contribution in [2.75, 3.05) is 38.3 Å². The van der Waals surface area contributed by atoms with Crippen LogP contribution in [0.5, 0.6) is 0 Å². The monoisotopic (exact) mass is 405 g/mol. The van der Waals surface area contributed by atoms with E-state index in [2.05, 4.69) is 10.2 Å². The van der Waals surface area contributed by atoms with Gasteiger partial charge in [-0.05, 0) is 54.1 Å². The summed E-state index contributed by atoms with van der Waals surface area (Å²) in [5.74, 6) is 0. The summed E-state index contributed by atoms with van der Waals surface area (Å²) in [7, 11) is 1.69. The average Bonchev–Trinajstić information content (AvgIpc) is 2.95. The molecule has 7 heteroatoms. The maximum absolute atomic E-state index is 10.9. The molecule has 1 N–H and O–H groups in total. The van der Waals surface area contributed by atoms with E-state index in [-0.39, 0.29) is 10.6 Å². The van der Waals surface area contributed by atoms with E-state index in [1.54, 1.807) is 13.2 Å². The number of nitro groups is 1. The van der Waals surface area contributed by atoms with Crippen molar-refractivity contribution in [1.29, 1.82) is 0 Å². The number of methoxy groups -OCH3 is 1. The third kappa shape index (κ3) is 4.52. The first-order chi connectivity index (χ1) is 10.1. The molecule has 1 fully saturated rings. The van der Waals surface area contributed by atoms with E-state index >= 15 is 0 Å². The summed E-state index contributed by atoms with van der Waals surface area (Å²) in [6.45, 7) is 3.39. The second kappa shape index (κ2) is 7.90. The van der Waals surface area contributed by atoms with Gasteiger partial charge in [0.25, 0.3) is 5.69 Å². The van der Waals surface area contributed by atoms with Gasteiger partial charge in [0.05, 0.1) is 15.1 Å². The molecule has 1 aromatic rings. The van der Waals surface area contributed by atoms with Crippen LogP contribution < -0.4 is 10.2 Å². The van der Waals surface area contributed by atoms with Crippen LogP contribution in [0.4, 0.5) is 11.4 Å². The molecule has 2 rings (SSSR count). The quantitative estimate of drug-likeness (QED) is 0.429. The predicted octanol–water partition coefficient (Wildman–Crippen LogP) is 2.40. The van der Waals surface area contributed by atoms with Crippen LogP contribution in [0.1, 0.15) is 12.8 Å². The first-order valence-corrected chi connectivity index (χ1v) is 8.11. The van der Waals surface area contributed by atoms with E-state index in [0.717, 1.165) is 25.3 Å². The molecule has 0 aliphatic carbocycles. The zero-order valence-electron chi connectivity index (χ0n) is 12.0. The molecule has 0 saturated carbocycles. The zero-order chi connectivity index (χ0) is 15.2. The van der Waals surface area contributed by atoms with Crippen LogP contribution >= 0.6 is 22.6 Å². The van der Waals surface area contributed by atoms with Crippen molar-refractivity contribution in [3.05, 3.63) is 31.9 Å². The molecule has 6 nitrogen and oxygen atoms in total. The van der Waals surface area contributed by atoms with Crippen molar-refractivity contribution in [2.24, 2.45) is 0 Å². The van der Waals surface area contributed by atoms with Gasteiger partial charge in [0.15, 0.2) is 0 Å². The first kappa shape index (κ1) is 16.4. The zero-order valence-corrected chi connectivity index (χ0v) is 14.2. The van der Waals surface area contributed by atoms with Crippen molar-refractivity contribution < 1.29 is 9.66 Å². The van der Waals surface area contributed by atoms with Crippen LogP contribution in [0, 0.1) is 13.7 Å². The van der Waals surface area contributed by atoms with Crippen molar-refractivity contribution in [2.45, 2.75) is 18.9 Å². The summed E-state index contributed by atoms with van der Waals surface area (Å²) >= 11 is 2.02. The van der Waals surface area contributed by atoms with Crippen LogP contribution in [0.3, 0.4) is 0 Å². The van der Waals surface area contributed by atoms with E-state index in [1.807, 2.05) is 34.7 Å². The van der Waals surface area contributed by atoms with Crippen LogP contribution in [-0.2, 0) is 4.74 Å². The fourth-order valence-electron chi connectivity index (χ4n) is 2.55. The second-order valence-electron chi connectivity index (χ2n) is 5.12. The Balaban J connectivity index is 2.14. The molecular formula is C14H20IN3O3. The SMILES string of the molecule is COCCN(CC1CCCN1)c1ccc([N+](=O)[O-])c(I)c1. The maximum Gasteiger partial charge on any atom is 0.282 e. The van der Waals surface area contributed by atoms with Crippen molar-refractivity contribution in [1.82, 2.24) is 5.32 Å². The Morgan fingerprint density at radius 3 is 2.95 bits per heavy atom. The molecule has 0 bridgehead atoms. The van der Waals surface area contributed by atoms with Crippen molar-refractivity contribution in [3.8, 4) is 0 Å². The Bertz CT molecular complexity index is 492. The van der Waals surface area contributed by atoms with Gasteiger partial charge in [-0.25, -0.2) is 0 Å². The number of anilines is 1. The molecule has 1 aromatic carbocycles. The lowest BCUT2D eigenvalue weighted by atomic mass is 10.2. The molecule has 1 aliphatic heterocycles. The molecule has 1 unspecified atom stereocenters. The number of ether oxygens (including phenoxy) is 1. The summed E-state index contributed by atoms with van der Waals surface area (Å²) < 4.78 is 5.84. The molecule has 1 saturated heterocycles. The third-order valence-electron chi connectivity index (χ3n) is 3.66. The lowest BCUT2D eigenvalue weighted by Crippen LogP contribution is -2.39. The summed E-state index contributed by atoms with van der Waals surface area (Å²) in [5.41, 5.74) is 1.17. The number of nitrogens with zero attached hydrogens (tertiary/aromatic N) is 2. The maximum atomic E-state index is 10.9. The first-order valence-electron chi connectivity index (χ1n) is 7.03. The highest BCUT2D eigenvalue weighted by atomic mass is 127. The molecule has 0 spiro atoms. The molecule has 0 amide bonds. The summed E-state index contributed by atoms with van der Waals surface area (Å²) in [6.07, 6.45) is 2.38. The fourth-order valence-corrected chi connectivity index (χ4v) is 3.24. The number of hydrogen-bond donors (Lipinski definition) is 1. The van der Waals surface area contributed by atoms with Gasteiger partial charge in [0.1, 0.15) is 0 Å². The lowest BCUT2D eigenvalue weighted by Gasteiger charge is -2.27. The highest BCUT2D eigenvalue weighted by molar-refractivity contribution is 14.1. The van der Waals surface area contributed by atoms with Gasteiger partial charge in [-0.3, -0.25) is 10.1 Å². The largest absolute Gasteiger partial charge is 0.383 e. The highest BCUT2D eigenvalue weighted by Crippen LogP contribution is 2.26. The van der Waals surface area contributed by atoms with Crippen LogP contribution in [-0.4, -0.2) is 44.3 Å². The molecule has 1 atom stereocenters. The van der Waals surface area contributed by atoms with Crippen LogP contribution in [0.15, 0.2) is 18.2 Å². The molecule has 116 valence electrons. The van der Waals surface area contributed by atoms with E-state index in [1.165, 1.54) is 12.8 Å². The van der Waals surface area contributed by atoms with E-state index in [4.69, 9.17) is 4.74 Å². The number of hydrogen-bond acceptors (Lipinski definition) is 5. The minimum absolute atomic E-state index is 0.157. The smallest absolute Gasteiger partial charge is 0.282 e. The molecular weight excluding hydrogens is 385 g/mol. The minimum atomic E-state index is -0.344. The topological polar surface area (TPSA) is 67.6 Å². The number of rotatable bonds is 7. The Hall–Kier alpha value is -0.930. The van der Waals surface area contributed by atoms with E-state index in [9.17, 15) is 10.1 Å². The molecule has 1 aliphatic rings. The Labute approximate surface area is 138 Å². The van der Waals surface area contributed by atoms with Gasteiger partial charge < -0.3 is 15.0 Å². The third-order valence-corrected chi connectivity index (χ3v) is 4.53. The summed E-state index contributed by atoms with van der Waals surface area (Å²) in [6, 6.07) is 5.77. The molecule has 0 aromatic heterocycles. The van der Waals surface area contributed by atoms with Gasteiger partial charge >= 0.3 is 0 Å². The van der Waals surface area contributed by atoms with E-state index < -0.39 is 0 Å². The lowest BCUT2D eigenvalue weighted by molar-refractivity contribution is -0.385. The fraction of sp³-hybridized carbons (Fsp3) is 0.571. The Kier molecular flexibility index (Phi) is 6.19. The van der Waals surface area contributed by atoms with Gasteiger partial charge in [-0.2, -0.15) is 0 Å². The number of nitro benzene ring substituents is 1. The standard InChI is InChI=1S/C14H20IN3O3/c1-21-8-7-17(10-11-3-2-6-16-11)12-4-5-14(18(19)20)13(15)9-12/h4-5,9,11,16H,2-3,6-8,10H2,1H3. The Morgan fingerprint density at radius 2 is 2.38 bits per heavy atom. The van der Waals surface area contributed by atoms with Gasteiger partial charge in [0, 0.05) is 38.0 Å². The van der Waals surface area contributed by atoms with Crippen molar-refractivity contribution in [3.63, 3.8) is 0 Å². The van der Waals surface area contributed by atoms with Crippen LogP contribution in [0.25, 0.3) is 0 Å². The Morgan fingerprint density at radius 1 is 1.57 bits per heavy atom. The van der Waals surface area contributed by atoms with Crippen molar-refractivity contribution >= 4 is 34.0 Å². The number of benzene rings is 1. The van der Waals surface area contributed by atoms with Gasteiger partial charge in [-0.1, -0.05) is 0 Å². The van der Waals surface area contributed by atoms with Crippen LogP contribution in [0.2, 0.25) is 0 Å². The average molecular weight is 405 g/mol. The van der Waals surface area contributed by atoms with Gasteiger partial charge in [0.2, 0.25) is 0 Å².